The maximum Gasteiger partial charge on any atom is 0.422 e. The molecule has 0 aliphatic carbocycles. The fourth-order valence-corrected chi connectivity index (χ4v) is 2.45. The lowest BCUT2D eigenvalue weighted by Crippen LogP contribution is -2.13. The van der Waals surface area contributed by atoms with Gasteiger partial charge in [-0.2, -0.15) is 13.2 Å². The van der Waals surface area contributed by atoms with Crippen molar-refractivity contribution in [1.29, 1.82) is 0 Å². The molecule has 2 heterocycles. The molecule has 0 atom stereocenters. The molecule has 0 fully saturated rings. The summed E-state index contributed by atoms with van der Waals surface area (Å²) >= 11 is 5.83. The number of aromatic nitrogens is 3. The summed E-state index contributed by atoms with van der Waals surface area (Å²) in [7, 11) is 0. The first-order valence-electron chi connectivity index (χ1n) is 7.23. The van der Waals surface area contributed by atoms with E-state index < -0.39 is 22.7 Å². The van der Waals surface area contributed by atoms with Gasteiger partial charge >= 0.3 is 6.18 Å². The highest BCUT2D eigenvalue weighted by Crippen LogP contribution is 2.40. The molecule has 0 aliphatic heterocycles. The second-order valence-corrected chi connectivity index (χ2v) is 5.65. The number of hydrogen-bond donors (Lipinski definition) is 1. The first kappa shape index (κ1) is 17.2. The Kier molecular flexibility index (Phi) is 4.59. The molecule has 3 rings (SSSR count). The average Bonchev–Trinajstić information content (AvgIpc) is 2.56. The van der Waals surface area contributed by atoms with Crippen LogP contribution in [0.2, 0.25) is 5.15 Å². The van der Waals surface area contributed by atoms with Gasteiger partial charge in [0.25, 0.3) is 0 Å². The molecule has 3 aromatic rings. The third kappa shape index (κ3) is 3.88. The topological polar surface area (TPSA) is 50.7 Å². The van der Waals surface area contributed by atoms with E-state index in [1.54, 1.807) is 42.6 Å². The largest absolute Gasteiger partial charge is 0.422 e. The minimum atomic E-state index is -4.70. The molecule has 25 heavy (non-hydrogen) atoms. The van der Waals surface area contributed by atoms with Crippen LogP contribution in [-0.2, 0) is 6.18 Å². The fourth-order valence-electron chi connectivity index (χ4n) is 2.17. The van der Waals surface area contributed by atoms with Crippen LogP contribution in [0.1, 0.15) is 11.1 Å². The monoisotopic (exact) mass is 364 g/mol. The molecule has 128 valence electrons. The number of benzene rings is 1. The molecule has 1 aromatic carbocycles. The van der Waals surface area contributed by atoms with Gasteiger partial charge in [-0.3, -0.25) is 4.98 Å². The number of pyridine rings is 1. The summed E-state index contributed by atoms with van der Waals surface area (Å²) in [5.41, 5.74) is 0.800. The van der Waals surface area contributed by atoms with Gasteiger partial charge in [0.15, 0.2) is 5.82 Å². The zero-order valence-corrected chi connectivity index (χ0v) is 13.7. The van der Waals surface area contributed by atoms with Gasteiger partial charge in [0.2, 0.25) is 0 Å². The maximum atomic E-state index is 13.4. The van der Waals surface area contributed by atoms with Crippen LogP contribution in [0.4, 0.5) is 24.7 Å². The van der Waals surface area contributed by atoms with Gasteiger partial charge < -0.3 is 5.32 Å². The van der Waals surface area contributed by atoms with Crippen LogP contribution in [0.25, 0.3) is 11.4 Å². The van der Waals surface area contributed by atoms with Crippen molar-refractivity contribution in [2.24, 2.45) is 0 Å². The van der Waals surface area contributed by atoms with Crippen LogP contribution in [0.3, 0.4) is 0 Å². The standard InChI is InChI=1S/C17H12ClF3N4/c1-10-4-6-12(7-5-10)23-16-13(17(19,20)21)14(18)24-15(25-16)11-3-2-8-22-9-11/h2-9H,1H3,(H,23,24,25). The van der Waals surface area contributed by atoms with Gasteiger partial charge in [-0.05, 0) is 31.2 Å². The Hall–Kier alpha value is -2.67. The molecule has 0 saturated carbocycles. The van der Waals surface area contributed by atoms with E-state index in [1.807, 2.05) is 6.92 Å². The smallest absolute Gasteiger partial charge is 0.340 e. The number of nitrogens with zero attached hydrogens (tertiary/aromatic N) is 3. The number of halogens is 4. The quantitative estimate of drug-likeness (QED) is 0.644. The summed E-state index contributed by atoms with van der Waals surface area (Å²) in [6, 6.07) is 10.2. The molecule has 0 unspecified atom stereocenters. The van der Waals surface area contributed by atoms with E-state index in [-0.39, 0.29) is 5.82 Å². The molecule has 0 amide bonds. The van der Waals surface area contributed by atoms with Crippen LogP contribution in [0.15, 0.2) is 48.8 Å². The van der Waals surface area contributed by atoms with Crippen molar-refractivity contribution in [3.8, 4) is 11.4 Å². The van der Waals surface area contributed by atoms with Crippen LogP contribution < -0.4 is 5.32 Å². The minimum absolute atomic E-state index is 0.0562. The third-order valence-electron chi connectivity index (χ3n) is 3.38. The summed E-state index contributed by atoms with van der Waals surface area (Å²) in [5.74, 6) is -0.351. The number of aryl methyl sites for hydroxylation is 1. The van der Waals surface area contributed by atoms with E-state index in [4.69, 9.17) is 11.6 Å². The Morgan fingerprint density at radius 2 is 1.76 bits per heavy atom. The Morgan fingerprint density at radius 1 is 1.04 bits per heavy atom. The predicted octanol–water partition coefficient (Wildman–Crippen LogP) is 5.26. The van der Waals surface area contributed by atoms with Gasteiger partial charge in [-0.1, -0.05) is 29.3 Å². The minimum Gasteiger partial charge on any atom is -0.340 e. The molecular weight excluding hydrogens is 353 g/mol. The zero-order valence-electron chi connectivity index (χ0n) is 13.0. The molecule has 2 aromatic heterocycles. The lowest BCUT2D eigenvalue weighted by molar-refractivity contribution is -0.137. The molecule has 0 saturated heterocycles. The van der Waals surface area contributed by atoms with Crippen LogP contribution >= 0.6 is 11.6 Å². The summed E-state index contributed by atoms with van der Waals surface area (Å²) in [5, 5.41) is 2.01. The summed E-state index contributed by atoms with van der Waals surface area (Å²) in [4.78, 5) is 11.7. The second-order valence-electron chi connectivity index (χ2n) is 5.29. The first-order chi connectivity index (χ1) is 11.8. The highest BCUT2D eigenvalue weighted by molar-refractivity contribution is 6.30. The molecule has 0 bridgehead atoms. The van der Waals surface area contributed by atoms with Crippen molar-refractivity contribution < 1.29 is 13.2 Å². The Bertz CT molecular complexity index is 881. The Balaban J connectivity index is 2.12. The number of hydrogen-bond acceptors (Lipinski definition) is 4. The predicted molar refractivity (Wildman–Crippen MR) is 89.7 cm³/mol. The van der Waals surface area contributed by atoms with Crippen LogP contribution in [0, 0.1) is 6.92 Å². The van der Waals surface area contributed by atoms with Crippen molar-refractivity contribution >= 4 is 23.1 Å². The lowest BCUT2D eigenvalue weighted by atomic mass is 10.2. The highest BCUT2D eigenvalue weighted by atomic mass is 35.5. The maximum absolute atomic E-state index is 13.4. The third-order valence-corrected chi connectivity index (χ3v) is 3.66. The molecule has 1 N–H and O–H groups in total. The SMILES string of the molecule is Cc1ccc(Nc2nc(-c3cccnc3)nc(Cl)c2C(F)(F)F)cc1. The Morgan fingerprint density at radius 3 is 2.36 bits per heavy atom. The zero-order chi connectivity index (χ0) is 18.0. The summed E-state index contributed by atoms with van der Waals surface area (Å²) in [6.45, 7) is 1.88. The molecule has 4 nitrogen and oxygen atoms in total. The number of alkyl halides is 3. The van der Waals surface area contributed by atoms with E-state index >= 15 is 0 Å². The number of nitrogens with one attached hydrogen (secondary N) is 1. The van der Waals surface area contributed by atoms with E-state index in [0.717, 1.165) is 5.56 Å². The average molecular weight is 365 g/mol. The molecule has 0 spiro atoms. The van der Waals surface area contributed by atoms with Crippen molar-refractivity contribution in [2.75, 3.05) is 5.32 Å². The van der Waals surface area contributed by atoms with Crippen molar-refractivity contribution in [3.05, 3.63) is 65.1 Å². The van der Waals surface area contributed by atoms with Crippen molar-refractivity contribution in [1.82, 2.24) is 15.0 Å². The van der Waals surface area contributed by atoms with E-state index in [2.05, 4.69) is 20.3 Å². The summed E-state index contributed by atoms with van der Waals surface area (Å²) in [6.07, 6.45) is -1.70. The summed E-state index contributed by atoms with van der Waals surface area (Å²) < 4.78 is 40.2. The molecule has 0 radical (unpaired) electrons. The van der Waals surface area contributed by atoms with Gasteiger partial charge in [-0.15, -0.1) is 0 Å². The molecule has 0 aliphatic rings. The highest BCUT2D eigenvalue weighted by Gasteiger charge is 2.38. The van der Waals surface area contributed by atoms with Crippen molar-refractivity contribution in [2.45, 2.75) is 13.1 Å². The van der Waals surface area contributed by atoms with Crippen LogP contribution in [-0.4, -0.2) is 15.0 Å². The van der Waals surface area contributed by atoms with E-state index in [1.165, 1.54) is 6.20 Å². The number of anilines is 2. The van der Waals surface area contributed by atoms with Gasteiger partial charge in [-0.25, -0.2) is 9.97 Å². The Labute approximate surface area is 146 Å². The first-order valence-corrected chi connectivity index (χ1v) is 7.61. The van der Waals surface area contributed by atoms with Crippen LogP contribution in [0.5, 0.6) is 0 Å². The number of rotatable bonds is 3. The molecular formula is C17H12ClF3N4. The van der Waals surface area contributed by atoms with Gasteiger partial charge in [0.05, 0.1) is 0 Å². The second kappa shape index (κ2) is 6.68. The van der Waals surface area contributed by atoms with E-state index in [0.29, 0.717) is 11.3 Å². The van der Waals surface area contributed by atoms with Gasteiger partial charge in [0, 0.05) is 23.6 Å². The normalized spacial score (nSPS) is 11.4. The lowest BCUT2D eigenvalue weighted by Gasteiger charge is -2.16. The van der Waals surface area contributed by atoms with E-state index in [9.17, 15) is 13.2 Å². The fraction of sp³-hybridized carbons (Fsp3) is 0.118. The molecule has 8 heteroatoms. The van der Waals surface area contributed by atoms with Gasteiger partial charge in [0.1, 0.15) is 16.5 Å². The van der Waals surface area contributed by atoms with Crippen molar-refractivity contribution in [3.63, 3.8) is 0 Å².